The van der Waals surface area contributed by atoms with E-state index in [-0.39, 0.29) is 0 Å². The van der Waals surface area contributed by atoms with E-state index in [2.05, 4.69) is 10.2 Å². The van der Waals surface area contributed by atoms with Crippen molar-refractivity contribution in [1.82, 2.24) is 0 Å². The number of nitrogens with two attached hydrogens (primary N) is 1. The fraction of sp³-hybridized carbons (Fsp3) is 0. The predicted octanol–water partition coefficient (Wildman–Crippen LogP) is 3.84. The summed E-state index contributed by atoms with van der Waals surface area (Å²) in [7, 11) is 0. The molecule has 0 spiro atoms. The van der Waals surface area contributed by atoms with E-state index >= 15 is 0 Å². The number of hydrogen-bond acceptors (Lipinski definition) is 2. The Labute approximate surface area is 135 Å². The van der Waals surface area contributed by atoms with Crippen LogP contribution in [0.5, 0.6) is 0 Å². The maximum absolute atomic E-state index is 6.04. The molecule has 0 amide bonds. The molecule has 0 saturated heterocycles. The lowest BCUT2D eigenvalue weighted by molar-refractivity contribution is 1.21. The highest BCUT2D eigenvalue weighted by atomic mass is 15.2. The SMILES string of the molecule is N/C(=N/N=C(c1ccccc1)c1ccccc1)c1ccccc1. The van der Waals surface area contributed by atoms with E-state index in [4.69, 9.17) is 5.73 Å². The Morgan fingerprint density at radius 2 is 0.913 bits per heavy atom. The van der Waals surface area contributed by atoms with Crippen molar-refractivity contribution in [2.45, 2.75) is 0 Å². The van der Waals surface area contributed by atoms with Crippen molar-refractivity contribution < 1.29 is 0 Å². The predicted molar refractivity (Wildman–Crippen MR) is 95.7 cm³/mol. The second-order valence-corrected chi connectivity index (χ2v) is 5.03. The topological polar surface area (TPSA) is 50.7 Å². The van der Waals surface area contributed by atoms with Crippen LogP contribution >= 0.6 is 0 Å². The van der Waals surface area contributed by atoms with Gasteiger partial charge in [-0.1, -0.05) is 91.0 Å². The lowest BCUT2D eigenvalue weighted by Gasteiger charge is -2.05. The van der Waals surface area contributed by atoms with E-state index in [0.29, 0.717) is 5.84 Å². The summed E-state index contributed by atoms with van der Waals surface area (Å²) in [5.41, 5.74) is 9.70. The van der Waals surface area contributed by atoms with E-state index in [1.807, 2.05) is 91.0 Å². The van der Waals surface area contributed by atoms with Crippen molar-refractivity contribution in [2.24, 2.45) is 15.9 Å². The van der Waals surface area contributed by atoms with Gasteiger partial charge in [0, 0.05) is 16.7 Å². The van der Waals surface area contributed by atoms with Gasteiger partial charge in [0.2, 0.25) is 0 Å². The summed E-state index contributed by atoms with van der Waals surface area (Å²) >= 11 is 0. The molecule has 0 bridgehead atoms. The van der Waals surface area contributed by atoms with Crippen molar-refractivity contribution in [3.8, 4) is 0 Å². The molecule has 3 aromatic rings. The largest absolute Gasteiger partial charge is 0.382 e. The zero-order valence-electron chi connectivity index (χ0n) is 12.6. The monoisotopic (exact) mass is 299 g/mol. The van der Waals surface area contributed by atoms with Crippen LogP contribution in [0.1, 0.15) is 16.7 Å². The van der Waals surface area contributed by atoms with Gasteiger partial charge in [-0.15, -0.1) is 10.2 Å². The van der Waals surface area contributed by atoms with E-state index in [0.717, 1.165) is 22.4 Å². The van der Waals surface area contributed by atoms with E-state index < -0.39 is 0 Å². The van der Waals surface area contributed by atoms with Gasteiger partial charge in [-0.3, -0.25) is 0 Å². The van der Waals surface area contributed by atoms with Crippen LogP contribution < -0.4 is 5.73 Å². The molecule has 2 N–H and O–H groups in total. The summed E-state index contributed by atoms with van der Waals surface area (Å²) < 4.78 is 0. The first-order valence-corrected chi connectivity index (χ1v) is 7.42. The third-order valence-electron chi connectivity index (χ3n) is 3.42. The molecular formula is C20H17N3. The highest BCUT2D eigenvalue weighted by Crippen LogP contribution is 2.11. The summed E-state index contributed by atoms with van der Waals surface area (Å²) in [6.45, 7) is 0. The van der Waals surface area contributed by atoms with Crippen molar-refractivity contribution in [3.05, 3.63) is 108 Å². The second kappa shape index (κ2) is 7.18. The Hall–Kier alpha value is -3.20. The molecule has 0 aliphatic rings. The van der Waals surface area contributed by atoms with Crippen LogP contribution in [-0.4, -0.2) is 11.5 Å². The molecule has 0 radical (unpaired) electrons. The standard InChI is InChI=1S/C20H17N3/c21-20(18-14-8-3-9-15-18)23-22-19(16-10-4-1-5-11-16)17-12-6-2-7-13-17/h1-15H,(H2,21,23). The van der Waals surface area contributed by atoms with Crippen LogP contribution in [0.15, 0.2) is 101 Å². The van der Waals surface area contributed by atoms with Gasteiger partial charge in [0.15, 0.2) is 5.84 Å². The first-order valence-electron chi connectivity index (χ1n) is 7.42. The van der Waals surface area contributed by atoms with Crippen molar-refractivity contribution in [1.29, 1.82) is 0 Å². The van der Waals surface area contributed by atoms with Gasteiger partial charge >= 0.3 is 0 Å². The first kappa shape index (κ1) is 14.7. The molecule has 0 fully saturated rings. The third kappa shape index (κ3) is 3.71. The highest BCUT2D eigenvalue weighted by molar-refractivity contribution is 6.13. The molecule has 0 atom stereocenters. The van der Waals surface area contributed by atoms with Gasteiger partial charge in [-0.05, 0) is 0 Å². The fourth-order valence-electron chi connectivity index (χ4n) is 2.24. The maximum Gasteiger partial charge on any atom is 0.153 e. The molecule has 0 aromatic heterocycles. The molecular weight excluding hydrogens is 282 g/mol. The Morgan fingerprint density at radius 3 is 1.35 bits per heavy atom. The summed E-state index contributed by atoms with van der Waals surface area (Å²) in [6, 6.07) is 29.6. The molecule has 3 rings (SSSR count). The molecule has 0 unspecified atom stereocenters. The minimum atomic E-state index is 0.398. The number of benzene rings is 3. The summed E-state index contributed by atoms with van der Waals surface area (Å²) in [6.07, 6.45) is 0. The molecule has 3 heteroatoms. The van der Waals surface area contributed by atoms with E-state index in [1.165, 1.54) is 0 Å². The maximum atomic E-state index is 6.04. The Morgan fingerprint density at radius 1 is 0.522 bits per heavy atom. The second-order valence-electron chi connectivity index (χ2n) is 5.03. The number of nitrogens with zero attached hydrogens (tertiary/aromatic N) is 2. The normalized spacial score (nSPS) is 11.0. The van der Waals surface area contributed by atoms with Gasteiger partial charge in [-0.2, -0.15) is 0 Å². The van der Waals surface area contributed by atoms with Gasteiger partial charge < -0.3 is 5.73 Å². The van der Waals surface area contributed by atoms with E-state index in [1.54, 1.807) is 0 Å². The molecule has 23 heavy (non-hydrogen) atoms. The zero-order chi connectivity index (χ0) is 15.9. The van der Waals surface area contributed by atoms with Gasteiger partial charge in [-0.25, -0.2) is 0 Å². The number of hydrogen-bond donors (Lipinski definition) is 1. The smallest absolute Gasteiger partial charge is 0.153 e. The molecule has 0 saturated carbocycles. The summed E-state index contributed by atoms with van der Waals surface area (Å²) in [5.74, 6) is 0.398. The van der Waals surface area contributed by atoms with Crippen molar-refractivity contribution >= 4 is 11.5 Å². The lowest BCUT2D eigenvalue weighted by atomic mass is 10.0. The molecule has 3 aromatic carbocycles. The van der Waals surface area contributed by atoms with Crippen LogP contribution in [-0.2, 0) is 0 Å². The molecule has 112 valence electrons. The highest BCUT2D eigenvalue weighted by Gasteiger charge is 2.06. The Kier molecular flexibility index (Phi) is 4.60. The van der Waals surface area contributed by atoms with Gasteiger partial charge in [0.1, 0.15) is 5.71 Å². The van der Waals surface area contributed by atoms with Crippen molar-refractivity contribution in [2.75, 3.05) is 0 Å². The minimum Gasteiger partial charge on any atom is -0.382 e. The van der Waals surface area contributed by atoms with E-state index in [9.17, 15) is 0 Å². The first-order chi connectivity index (χ1) is 11.3. The summed E-state index contributed by atoms with van der Waals surface area (Å²) in [4.78, 5) is 0. The third-order valence-corrected chi connectivity index (χ3v) is 3.42. The van der Waals surface area contributed by atoms with Crippen molar-refractivity contribution in [3.63, 3.8) is 0 Å². The summed E-state index contributed by atoms with van der Waals surface area (Å²) in [5, 5.41) is 8.65. The molecule has 0 heterocycles. The van der Waals surface area contributed by atoms with Crippen LogP contribution in [0.4, 0.5) is 0 Å². The Balaban J connectivity index is 2.02. The quantitative estimate of drug-likeness (QED) is 0.444. The average molecular weight is 299 g/mol. The van der Waals surface area contributed by atoms with Crippen LogP contribution in [0, 0.1) is 0 Å². The zero-order valence-corrected chi connectivity index (χ0v) is 12.6. The Bertz CT molecular complexity index is 766. The minimum absolute atomic E-state index is 0.398. The number of amidine groups is 1. The lowest BCUT2D eigenvalue weighted by Crippen LogP contribution is -2.13. The fourth-order valence-corrected chi connectivity index (χ4v) is 2.24. The van der Waals surface area contributed by atoms with Crippen LogP contribution in [0.2, 0.25) is 0 Å². The van der Waals surface area contributed by atoms with Gasteiger partial charge in [0.05, 0.1) is 0 Å². The molecule has 0 aliphatic carbocycles. The molecule has 3 nitrogen and oxygen atoms in total. The van der Waals surface area contributed by atoms with Crippen LogP contribution in [0.3, 0.4) is 0 Å². The molecule has 0 aliphatic heterocycles. The van der Waals surface area contributed by atoms with Gasteiger partial charge in [0.25, 0.3) is 0 Å². The number of rotatable bonds is 4. The van der Waals surface area contributed by atoms with Crippen LogP contribution in [0.25, 0.3) is 0 Å². The average Bonchev–Trinajstić information content (AvgIpc) is 2.64.